The molecule has 1 aliphatic heterocycles. The lowest BCUT2D eigenvalue weighted by atomic mass is 9.98. The smallest absolute Gasteiger partial charge is 0.246 e. The number of rotatable bonds is 5. The van der Waals surface area contributed by atoms with E-state index >= 15 is 0 Å². The molecule has 1 aromatic carbocycles. The summed E-state index contributed by atoms with van der Waals surface area (Å²) in [6.07, 6.45) is 1.13. The number of piperidine rings is 1. The third kappa shape index (κ3) is 3.75. The van der Waals surface area contributed by atoms with Gasteiger partial charge < -0.3 is 4.90 Å². The van der Waals surface area contributed by atoms with Gasteiger partial charge in [0.05, 0.1) is 5.92 Å². The normalized spacial score (nSPS) is 19.2. The Morgan fingerprint density at radius 2 is 1.96 bits per heavy atom. The Bertz CT molecular complexity index is 705. The van der Waals surface area contributed by atoms with E-state index in [0.717, 1.165) is 16.4 Å². The highest BCUT2D eigenvalue weighted by Crippen LogP contribution is 2.26. The zero-order valence-corrected chi connectivity index (χ0v) is 14.7. The second-order valence-electron chi connectivity index (χ2n) is 5.79. The molecular formula is C16H22F2N2O3S. The Kier molecular flexibility index (Phi) is 5.92. The number of hydrogen-bond donors (Lipinski definition) is 0. The van der Waals surface area contributed by atoms with Crippen molar-refractivity contribution < 1.29 is 22.0 Å². The molecule has 0 aromatic heterocycles. The molecule has 0 aliphatic carbocycles. The molecular weight excluding hydrogens is 338 g/mol. The molecule has 0 radical (unpaired) electrons. The Balaban J connectivity index is 2.23. The number of hydrogen-bond acceptors (Lipinski definition) is 3. The zero-order valence-electron chi connectivity index (χ0n) is 13.8. The molecule has 1 heterocycles. The number of sulfonamides is 1. The van der Waals surface area contributed by atoms with Gasteiger partial charge in [0.2, 0.25) is 15.9 Å². The minimum absolute atomic E-state index is 0.0223. The molecule has 2 rings (SSSR count). The summed E-state index contributed by atoms with van der Waals surface area (Å²) in [5.41, 5.74) is 0. The van der Waals surface area contributed by atoms with Gasteiger partial charge in [0.1, 0.15) is 16.5 Å². The summed E-state index contributed by atoms with van der Waals surface area (Å²) in [7, 11) is -4.09. The van der Waals surface area contributed by atoms with E-state index in [9.17, 15) is 22.0 Å². The first kappa shape index (κ1) is 18.8. The van der Waals surface area contributed by atoms with Crippen LogP contribution in [-0.4, -0.2) is 49.7 Å². The molecule has 1 amide bonds. The monoisotopic (exact) mass is 360 g/mol. The predicted molar refractivity (Wildman–Crippen MR) is 85.8 cm³/mol. The van der Waals surface area contributed by atoms with Crippen molar-refractivity contribution in [2.24, 2.45) is 5.92 Å². The van der Waals surface area contributed by atoms with Gasteiger partial charge >= 0.3 is 0 Å². The van der Waals surface area contributed by atoms with Gasteiger partial charge in [-0.15, -0.1) is 0 Å². The lowest BCUT2D eigenvalue weighted by Crippen LogP contribution is -2.46. The average Bonchev–Trinajstić information content (AvgIpc) is 2.55. The van der Waals surface area contributed by atoms with Crippen LogP contribution in [0.25, 0.3) is 0 Å². The van der Waals surface area contributed by atoms with Gasteiger partial charge in [-0.3, -0.25) is 4.79 Å². The fraction of sp³-hybridized carbons (Fsp3) is 0.562. The predicted octanol–water partition coefficient (Wildman–Crippen LogP) is 2.23. The van der Waals surface area contributed by atoms with E-state index in [2.05, 4.69) is 0 Å². The zero-order chi connectivity index (χ0) is 17.9. The third-order valence-electron chi connectivity index (χ3n) is 4.32. The van der Waals surface area contributed by atoms with E-state index in [4.69, 9.17) is 0 Å². The van der Waals surface area contributed by atoms with Crippen LogP contribution in [0.2, 0.25) is 0 Å². The van der Waals surface area contributed by atoms with Gasteiger partial charge in [-0.1, -0.05) is 0 Å². The molecule has 134 valence electrons. The minimum Gasteiger partial charge on any atom is -0.343 e. The van der Waals surface area contributed by atoms with Crippen molar-refractivity contribution in [2.45, 2.75) is 31.6 Å². The van der Waals surface area contributed by atoms with E-state index in [1.165, 1.54) is 0 Å². The first-order valence-corrected chi connectivity index (χ1v) is 9.49. The summed E-state index contributed by atoms with van der Waals surface area (Å²) in [5.74, 6) is -2.47. The molecule has 1 unspecified atom stereocenters. The van der Waals surface area contributed by atoms with Gasteiger partial charge in [0.25, 0.3) is 0 Å². The van der Waals surface area contributed by atoms with Crippen molar-refractivity contribution in [1.82, 2.24) is 9.21 Å². The summed E-state index contributed by atoms with van der Waals surface area (Å²) in [5, 5.41) is 0. The molecule has 0 N–H and O–H groups in total. The van der Waals surface area contributed by atoms with Crippen LogP contribution in [0, 0.1) is 17.6 Å². The molecule has 0 saturated carbocycles. The van der Waals surface area contributed by atoms with Crippen molar-refractivity contribution in [2.75, 3.05) is 26.2 Å². The molecule has 1 atom stereocenters. The lowest BCUT2D eigenvalue weighted by molar-refractivity contribution is -0.136. The highest BCUT2D eigenvalue weighted by molar-refractivity contribution is 7.89. The van der Waals surface area contributed by atoms with Crippen molar-refractivity contribution in [3.05, 3.63) is 29.8 Å². The Hall–Kier alpha value is -1.54. The number of halogens is 2. The van der Waals surface area contributed by atoms with Gasteiger partial charge in [-0.25, -0.2) is 17.2 Å². The van der Waals surface area contributed by atoms with E-state index in [0.29, 0.717) is 32.0 Å². The van der Waals surface area contributed by atoms with Gasteiger partial charge in [-0.2, -0.15) is 4.31 Å². The van der Waals surface area contributed by atoms with Crippen LogP contribution in [0.4, 0.5) is 8.78 Å². The number of amides is 1. The minimum atomic E-state index is -4.09. The molecule has 5 nitrogen and oxygen atoms in total. The van der Waals surface area contributed by atoms with Crippen LogP contribution in [0.1, 0.15) is 26.7 Å². The van der Waals surface area contributed by atoms with Crippen LogP contribution in [0.15, 0.2) is 23.1 Å². The molecule has 1 aromatic rings. The van der Waals surface area contributed by atoms with Crippen LogP contribution < -0.4 is 0 Å². The average molecular weight is 360 g/mol. The first-order chi connectivity index (χ1) is 11.3. The fourth-order valence-corrected chi connectivity index (χ4v) is 4.55. The van der Waals surface area contributed by atoms with Gasteiger partial charge in [0.15, 0.2) is 0 Å². The molecule has 8 heteroatoms. The summed E-state index contributed by atoms with van der Waals surface area (Å²) < 4.78 is 53.3. The maximum atomic E-state index is 13.9. The van der Waals surface area contributed by atoms with Crippen molar-refractivity contribution in [3.8, 4) is 0 Å². The van der Waals surface area contributed by atoms with Crippen molar-refractivity contribution in [3.63, 3.8) is 0 Å². The van der Waals surface area contributed by atoms with Gasteiger partial charge in [0, 0.05) is 32.2 Å². The van der Waals surface area contributed by atoms with E-state index < -0.39 is 32.5 Å². The maximum absolute atomic E-state index is 13.9. The number of nitrogens with zero attached hydrogens (tertiary/aromatic N) is 2. The van der Waals surface area contributed by atoms with E-state index in [-0.39, 0.29) is 19.0 Å². The van der Waals surface area contributed by atoms with E-state index in [1.807, 2.05) is 13.8 Å². The molecule has 24 heavy (non-hydrogen) atoms. The van der Waals surface area contributed by atoms with Crippen LogP contribution in [0.3, 0.4) is 0 Å². The molecule has 1 saturated heterocycles. The molecule has 1 fully saturated rings. The Morgan fingerprint density at radius 1 is 1.29 bits per heavy atom. The second-order valence-corrected chi connectivity index (χ2v) is 7.69. The fourth-order valence-electron chi connectivity index (χ4n) is 2.98. The third-order valence-corrected chi connectivity index (χ3v) is 6.22. The number of carbonyl (C=O) groups excluding carboxylic acids is 1. The summed E-state index contributed by atoms with van der Waals surface area (Å²) in [4.78, 5) is 13.6. The Labute approximate surface area is 141 Å². The Morgan fingerprint density at radius 3 is 2.54 bits per heavy atom. The highest BCUT2D eigenvalue weighted by Gasteiger charge is 2.35. The topological polar surface area (TPSA) is 57.7 Å². The molecule has 0 bridgehead atoms. The summed E-state index contributed by atoms with van der Waals surface area (Å²) >= 11 is 0. The first-order valence-electron chi connectivity index (χ1n) is 8.05. The lowest BCUT2D eigenvalue weighted by Gasteiger charge is -2.33. The molecule has 1 aliphatic rings. The summed E-state index contributed by atoms with van der Waals surface area (Å²) in [6, 6.07) is 2.39. The highest BCUT2D eigenvalue weighted by atomic mass is 32.2. The standard InChI is InChI=1S/C16H22F2N2O3S/c1-3-19(4-2)16(21)12-6-5-9-20(11-12)24(22,23)15-8-7-13(17)10-14(15)18/h7-8,10,12H,3-6,9,11H2,1-2H3. The van der Waals surface area contributed by atoms with Crippen molar-refractivity contribution in [1.29, 1.82) is 0 Å². The van der Waals surface area contributed by atoms with E-state index in [1.54, 1.807) is 4.90 Å². The van der Waals surface area contributed by atoms with Crippen molar-refractivity contribution >= 4 is 15.9 Å². The quantitative estimate of drug-likeness (QED) is 0.809. The second kappa shape index (κ2) is 7.57. The maximum Gasteiger partial charge on any atom is 0.246 e. The number of carbonyl (C=O) groups is 1. The molecule has 0 spiro atoms. The largest absolute Gasteiger partial charge is 0.343 e. The van der Waals surface area contributed by atoms with Crippen LogP contribution in [-0.2, 0) is 14.8 Å². The van der Waals surface area contributed by atoms with Crippen LogP contribution in [0.5, 0.6) is 0 Å². The number of benzene rings is 1. The SMILES string of the molecule is CCN(CC)C(=O)C1CCCN(S(=O)(=O)c2ccc(F)cc2F)C1. The van der Waals surface area contributed by atoms with Crippen LogP contribution >= 0.6 is 0 Å². The van der Waals surface area contributed by atoms with Gasteiger partial charge in [-0.05, 0) is 38.8 Å². The summed E-state index contributed by atoms with van der Waals surface area (Å²) in [6.45, 7) is 5.10.